The van der Waals surface area contributed by atoms with Crippen LogP contribution in [0.15, 0.2) is 59.1 Å². The van der Waals surface area contributed by atoms with Gasteiger partial charge < -0.3 is 4.52 Å². The highest BCUT2D eigenvalue weighted by atomic mass is 19.1. The number of carbonyl (C=O) groups excluding carboxylic acids is 1. The van der Waals surface area contributed by atoms with Crippen LogP contribution < -0.4 is 5.32 Å². The van der Waals surface area contributed by atoms with E-state index in [1.54, 1.807) is 18.2 Å². The Morgan fingerprint density at radius 2 is 1.77 bits per heavy atom. The highest BCUT2D eigenvalue weighted by Gasteiger charge is 2.13. The first-order chi connectivity index (χ1) is 10.6. The van der Waals surface area contributed by atoms with Gasteiger partial charge in [0.15, 0.2) is 0 Å². The number of hydrogen-bond acceptors (Lipinski definition) is 3. The summed E-state index contributed by atoms with van der Waals surface area (Å²) >= 11 is 0. The molecule has 0 spiro atoms. The van der Waals surface area contributed by atoms with Gasteiger partial charge in [-0.25, -0.2) is 8.78 Å². The van der Waals surface area contributed by atoms with Crippen molar-refractivity contribution in [1.29, 1.82) is 0 Å². The second kappa shape index (κ2) is 5.77. The fraction of sp³-hybridized carbons (Fsp3) is 0. The Balaban J connectivity index is 1.78. The highest BCUT2D eigenvalue weighted by Crippen LogP contribution is 2.24. The van der Waals surface area contributed by atoms with Gasteiger partial charge in [-0.1, -0.05) is 17.3 Å². The number of nitrogens with zero attached hydrogens (tertiary/aromatic N) is 1. The van der Waals surface area contributed by atoms with Gasteiger partial charge in [0.2, 0.25) is 5.88 Å². The smallest absolute Gasteiger partial charge is 0.258 e. The maximum atomic E-state index is 13.6. The maximum absolute atomic E-state index is 13.6. The molecular weight excluding hydrogens is 290 g/mol. The quantitative estimate of drug-likeness (QED) is 0.798. The number of carbonyl (C=O) groups is 1. The third-order valence-electron chi connectivity index (χ3n) is 3.00. The summed E-state index contributed by atoms with van der Waals surface area (Å²) < 4.78 is 31.4. The van der Waals surface area contributed by atoms with Crippen molar-refractivity contribution in [3.63, 3.8) is 0 Å². The molecule has 2 aromatic carbocycles. The average molecular weight is 300 g/mol. The minimum Gasteiger partial charge on any atom is -0.338 e. The number of halogens is 2. The van der Waals surface area contributed by atoms with Gasteiger partial charge in [0.05, 0.1) is 0 Å². The van der Waals surface area contributed by atoms with Crippen molar-refractivity contribution in [3.8, 4) is 11.3 Å². The summed E-state index contributed by atoms with van der Waals surface area (Å²) in [6, 6.07) is 12.6. The molecule has 0 aliphatic carbocycles. The first kappa shape index (κ1) is 13.9. The lowest BCUT2D eigenvalue weighted by Gasteiger charge is -2.00. The van der Waals surface area contributed by atoms with Gasteiger partial charge >= 0.3 is 0 Å². The van der Waals surface area contributed by atoms with Gasteiger partial charge in [0.25, 0.3) is 5.91 Å². The number of anilines is 1. The topological polar surface area (TPSA) is 55.1 Å². The van der Waals surface area contributed by atoms with Crippen LogP contribution in [0.2, 0.25) is 0 Å². The van der Waals surface area contributed by atoms with E-state index >= 15 is 0 Å². The Kier molecular flexibility index (Phi) is 3.65. The number of nitrogens with one attached hydrogen (secondary N) is 1. The lowest BCUT2D eigenvalue weighted by atomic mass is 10.1. The predicted molar refractivity (Wildman–Crippen MR) is 76.3 cm³/mol. The van der Waals surface area contributed by atoms with E-state index in [4.69, 9.17) is 4.52 Å². The van der Waals surface area contributed by atoms with Crippen molar-refractivity contribution in [2.45, 2.75) is 0 Å². The maximum Gasteiger partial charge on any atom is 0.258 e. The minimum atomic E-state index is -0.476. The van der Waals surface area contributed by atoms with E-state index in [2.05, 4.69) is 10.5 Å². The molecule has 110 valence electrons. The van der Waals surface area contributed by atoms with E-state index in [0.29, 0.717) is 0 Å². The molecule has 6 heteroatoms. The van der Waals surface area contributed by atoms with Crippen LogP contribution in [0.1, 0.15) is 10.4 Å². The Labute approximate surface area is 124 Å². The van der Waals surface area contributed by atoms with Gasteiger partial charge in [-0.15, -0.1) is 0 Å². The fourth-order valence-corrected chi connectivity index (χ4v) is 1.92. The molecule has 0 fully saturated rings. The zero-order chi connectivity index (χ0) is 15.5. The molecule has 0 atom stereocenters. The largest absolute Gasteiger partial charge is 0.338 e. The van der Waals surface area contributed by atoms with Crippen molar-refractivity contribution < 1.29 is 18.1 Å². The molecule has 0 bridgehead atoms. The molecule has 0 radical (unpaired) electrons. The monoisotopic (exact) mass is 300 g/mol. The summed E-state index contributed by atoms with van der Waals surface area (Å²) in [6.45, 7) is 0. The number of benzene rings is 2. The summed E-state index contributed by atoms with van der Waals surface area (Å²) in [4.78, 5) is 11.9. The summed E-state index contributed by atoms with van der Waals surface area (Å²) in [5, 5.41) is 6.19. The molecule has 4 nitrogen and oxygen atoms in total. The average Bonchev–Trinajstić information content (AvgIpc) is 2.96. The van der Waals surface area contributed by atoms with E-state index in [1.165, 1.54) is 36.4 Å². The minimum absolute atomic E-state index is 0.0765. The molecule has 0 saturated heterocycles. The van der Waals surface area contributed by atoms with Crippen molar-refractivity contribution in [2.24, 2.45) is 0 Å². The van der Waals surface area contributed by atoms with Crippen LogP contribution in [0.3, 0.4) is 0 Å². The summed E-state index contributed by atoms with van der Waals surface area (Å²) in [6.07, 6.45) is 0. The fourth-order valence-electron chi connectivity index (χ4n) is 1.92. The number of hydrogen-bond donors (Lipinski definition) is 1. The molecule has 0 aliphatic heterocycles. The molecule has 1 amide bonds. The standard InChI is InChI=1S/C16H10F2N2O2/c17-11-7-5-10(6-8-11)16(21)19-15-9-14(20-22-15)12-3-1-2-4-13(12)18/h1-9H,(H,19,21). The third kappa shape index (κ3) is 2.85. The Bertz CT molecular complexity index is 813. The van der Waals surface area contributed by atoms with Crippen LogP contribution in [0.5, 0.6) is 0 Å². The van der Waals surface area contributed by atoms with Gasteiger partial charge in [0, 0.05) is 17.2 Å². The predicted octanol–water partition coefficient (Wildman–Crippen LogP) is 3.87. The summed E-state index contributed by atoms with van der Waals surface area (Å²) in [5.74, 6) is -1.27. The first-order valence-corrected chi connectivity index (χ1v) is 6.42. The second-order valence-electron chi connectivity index (χ2n) is 4.52. The van der Waals surface area contributed by atoms with Crippen molar-refractivity contribution >= 4 is 11.8 Å². The number of aromatic nitrogens is 1. The van der Waals surface area contributed by atoms with E-state index in [9.17, 15) is 13.6 Å². The first-order valence-electron chi connectivity index (χ1n) is 6.42. The van der Waals surface area contributed by atoms with E-state index in [0.717, 1.165) is 0 Å². The third-order valence-corrected chi connectivity index (χ3v) is 3.00. The molecule has 3 rings (SSSR count). The lowest BCUT2D eigenvalue weighted by molar-refractivity contribution is 0.102. The summed E-state index contributed by atoms with van der Waals surface area (Å²) in [7, 11) is 0. The van der Waals surface area contributed by atoms with Crippen LogP contribution in [-0.4, -0.2) is 11.1 Å². The Morgan fingerprint density at radius 1 is 1.05 bits per heavy atom. The number of amides is 1. The van der Waals surface area contributed by atoms with Gasteiger partial charge in [-0.05, 0) is 36.4 Å². The normalized spacial score (nSPS) is 10.5. The van der Waals surface area contributed by atoms with Crippen LogP contribution >= 0.6 is 0 Å². The van der Waals surface area contributed by atoms with Crippen LogP contribution in [0, 0.1) is 11.6 Å². The lowest BCUT2D eigenvalue weighted by Crippen LogP contribution is -2.11. The SMILES string of the molecule is O=C(Nc1cc(-c2ccccc2F)no1)c1ccc(F)cc1. The molecule has 1 aromatic heterocycles. The van der Waals surface area contributed by atoms with E-state index < -0.39 is 17.5 Å². The zero-order valence-corrected chi connectivity index (χ0v) is 11.2. The molecule has 1 N–H and O–H groups in total. The molecule has 3 aromatic rings. The summed E-state index contributed by atoms with van der Waals surface area (Å²) in [5.41, 5.74) is 0.811. The van der Waals surface area contributed by atoms with Crippen LogP contribution in [-0.2, 0) is 0 Å². The van der Waals surface area contributed by atoms with Crippen molar-refractivity contribution in [1.82, 2.24) is 5.16 Å². The van der Waals surface area contributed by atoms with Crippen LogP contribution in [0.4, 0.5) is 14.7 Å². The molecule has 0 unspecified atom stereocenters. The van der Waals surface area contributed by atoms with Gasteiger partial charge in [-0.2, -0.15) is 0 Å². The zero-order valence-electron chi connectivity index (χ0n) is 11.2. The molecule has 0 aliphatic rings. The van der Waals surface area contributed by atoms with Crippen molar-refractivity contribution in [2.75, 3.05) is 5.32 Å². The Morgan fingerprint density at radius 3 is 2.50 bits per heavy atom. The van der Waals surface area contributed by atoms with E-state index in [-0.39, 0.29) is 22.7 Å². The Hall–Kier alpha value is -3.02. The second-order valence-corrected chi connectivity index (χ2v) is 4.52. The molecule has 0 saturated carbocycles. The highest BCUT2D eigenvalue weighted by molar-refractivity contribution is 6.03. The molecule has 22 heavy (non-hydrogen) atoms. The molecular formula is C16H10F2N2O2. The van der Waals surface area contributed by atoms with Crippen LogP contribution in [0.25, 0.3) is 11.3 Å². The van der Waals surface area contributed by atoms with Gasteiger partial charge in [0.1, 0.15) is 17.3 Å². The number of rotatable bonds is 3. The molecule has 1 heterocycles. The van der Waals surface area contributed by atoms with Gasteiger partial charge in [-0.3, -0.25) is 10.1 Å². The van der Waals surface area contributed by atoms with E-state index in [1.807, 2.05) is 0 Å². The van der Waals surface area contributed by atoms with Crippen molar-refractivity contribution in [3.05, 3.63) is 71.8 Å².